The maximum atomic E-state index is 13.7. The molecule has 9 heteroatoms. The second-order valence-corrected chi connectivity index (χ2v) is 7.63. The van der Waals surface area contributed by atoms with Crippen LogP contribution >= 0.6 is 0 Å². The van der Waals surface area contributed by atoms with Crippen molar-refractivity contribution < 1.29 is 23.8 Å². The number of aliphatic hydroxyl groups excluding tert-OH is 1. The Balaban J connectivity index is 1.48. The molecule has 0 aromatic heterocycles. The Bertz CT molecular complexity index is 711. The number of amides is 3. The number of nitrogens with one attached hydrogen (secondary N) is 2. The van der Waals surface area contributed by atoms with E-state index in [9.17, 15) is 19.1 Å². The van der Waals surface area contributed by atoms with E-state index in [1.165, 1.54) is 12.1 Å². The van der Waals surface area contributed by atoms with Crippen molar-refractivity contribution >= 4 is 17.6 Å². The molecule has 1 aromatic carbocycles. The topological polar surface area (TPSA) is 94.1 Å². The van der Waals surface area contributed by atoms with Crippen LogP contribution in [0.2, 0.25) is 0 Å². The van der Waals surface area contributed by atoms with E-state index in [2.05, 4.69) is 15.5 Å². The highest BCUT2D eigenvalue weighted by molar-refractivity contribution is 5.89. The number of aliphatic hydroxyl groups is 1. The second-order valence-electron chi connectivity index (χ2n) is 7.63. The smallest absolute Gasteiger partial charge is 0.319 e. The fraction of sp³-hybridized carbons (Fsp3) is 0.600. The Morgan fingerprint density at radius 3 is 2.62 bits per heavy atom. The Morgan fingerprint density at radius 1 is 1.21 bits per heavy atom. The third-order valence-electron chi connectivity index (χ3n) is 5.49. The number of anilines is 1. The Morgan fingerprint density at radius 2 is 1.93 bits per heavy atom. The van der Waals surface area contributed by atoms with E-state index in [0.717, 1.165) is 13.1 Å². The summed E-state index contributed by atoms with van der Waals surface area (Å²) in [5, 5.41) is 14.9. The average molecular weight is 408 g/mol. The summed E-state index contributed by atoms with van der Waals surface area (Å²) < 4.78 is 19.6. The Kier molecular flexibility index (Phi) is 7.40. The van der Waals surface area contributed by atoms with Crippen molar-refractivity contribution in [3.05, 3.63) is 30.1 Å². The molecule has 29 heavy (non-hydrogen) atoms. The summed E-state index contributed by atoms with van der Waals surface area (Å²) in [5.74, 6) is -0.466. The van der Waals surface area contributed by atoms with Gasteiger partial charge in [-0.25, -0.2) is 9.18 Å². The van der Waals surface area contributed by atoms with Gasteiger partial charge in [-0.3, -0.25) is 4.79 Å². The van der Waals surface area contributed by atoms with Crippen molar-refractivity contribution in [2.75, 3.05) is 45.2 Å². The lowest BCUT2D eigenvalue weighted by Crippen LogP contribution is -2.53. The number of likely N-dealkylation sites (N-methyl/N-ethyl adjacent to an activating group) is 1. The standard InChI is InChI=1S/C20H29FN4O4/c1-24-8-10-25(11-9-24)19(27)12-14-6-7-17(18(13-26)29-14)23-20(28)22-16-5-3-2-4-15(16)21/h2-5,14,17-18,26H,6-13H2,1H3,(H2,22,23,28)/t14-,17+,18+/m1/s1. The van der Waals surface area contributed by atoms with E-state index in [1.54, 1.807) is 12.1 Å². The summed E-state index contributed by atoms with van der Waals surface area (Å²) >= 11 is 0. The minimum atomic E-state index is -0.611. The summed E-state index contributed by atoms with van der Waals surface area (Å²) in [6.45, 7) is 2.88. The molecule has 160 valence electrons. The van der Waals surface area contributed by atoms with Gasteiger partial charge in [0.25, 0.3) is 0 Å². The number of nitrogens with zero attached hydrogens (tertiary/aromatic N) is 2. The van der Waals surface area contributed by atoms with E-state index < -0.39 is 24.0 Å². The SMILES string of the molecule is CN1CCN(C(=O)C[C@H]2CC[C@H](NC(=O)Nc3ccccc3F)[C@H](CO)O2)CC1. The number of carbonyl (C=O) groups excluding carboxylic acids is 2. The number of piperazine rings is 1. The van der Waals surface area contributed by atoms with Gasteiger partial charge in [0, 0.05) is 26.2 Å². The number of benzene rings is 1. The molecule has 3 amide bonds. The predicted octanol–water partition coefficient (Wildman–Crippen LogP) is 1.02. The van der Waals surface area contributed by atoms with Gasteiger partial charge in [-0.1, -0.05) is 12.1 Å². The van der Waals surface area contributed by atoms with Crippen LogP contribution < -0.4 is 10.6 Å². The van der Waals surface area contributed by atoms with Crippen LogP contribution in [0.5, 0.6) is 0 Å². The van der Waals surface area contributed by atoms with Crippen LogP contribution in [-0.4, -0.2) is 84.9 Å². The largest absolute Gasteiger partial charge is 0.394 e. The lowest BCUT2D eigenvalue weighted by atomic mass is 9.97. The van der Waals surface area contributed by atoms with Gasteiger partial charge in [0.2, 0.25) is 5.91 Å². The van der Waals surface area contributed by atoms with Crippen LogP contribution in [0.3, 0.4) is 0 Å². The van der Waals surface area contributed by atoms with Crippen LogP contribution in [0.15, 0.2) is 24.3 Å². The maximum absolute atomic E-state index is 13.7. The van der Waals surface area contributed by atoms with Gasteiger partial charge in [-0.2, -0.15) is 0 Å². The first-order chi connectivity index (χ1) is 14.0. The van der Waals surface area contributed by atoms with Gasteiger partial charge >= 0.3 is 6.03 Å². The zero-order valence-electron chi connectivity index (χ0n) is 16.6. The molecule has 2 saturated heterocycles. The third kappa shape index (κ3) is 5.88. The molecule has 0 spiro atoms. The molecule has 2 fully saturated rings. The molecule has 2 heterocycles. The van der Waals surface area contributed by atoms with Gasteiger partial charge in [0.1, 0.15) is 11.9 Å². The zero-order chi connectivity index (χ0) is 20.8. The van der Waals surface area contributed by atoms with Crippen molar-refractivity contribution in [3.63, 3.8) is 0 Å². The lowest BCUT2D eigenvalue weighted by molar-refractivity contribution is -0.141. The average Bonchev–Trinajstić information content (AvgIpc) is 2.71. The molecule has 8 nitrogen and oxygen atoms in total. The van der Waals surface area contributed by atoms with E-state index in [-0.39, 0.29) is 30.7 Å². The summed E-state index contributed by atoms with van der Waals surface area (Å²) in [5.41, 5.74) is 0.0814. The monoisotopic (exact) mass is 408 g/mol. The highest BCUT2D eigenvalue weighted by Crippen LogP contribution is 2.23. The summed E-state index contributed by atoms with van der Waals surface area (Å²) in [6, 6.07) is 4.92. The molecule has 0 bridgehead atoms. The number of ether oxygens (including phenoxy) is 1. The molecule has 3 atom stereocenters. The number of halogens is 1. The van der Waals surface area contributed by atoms with Gasteiger partial charge in [-0.05, 0) is 32.0 Å². The van der Waals surface area contributed by atoms with Crippen molar-refractivity contribution in [1.29, 1.82) is 0 Å². The van der Waals surface area contributed by atoms with Crippen molar-refractivity contribution in [3.8, 4) is 0 Å². The van der Waals surface area contributed by atoms with Crippen LogP contribution in [-0.2, 0) is 9.53 Å². The normalized spacial score (nSPS) is 25.5. The number of para-hydroxylation sites is 1. The van der Waals surface area contributed by atoms with Gasteiger partial charge in [0.15, 0.2) is 0 Å². The lowest BCUT2D eigenvalue weighted by Gasteiger charge is -2.37. The fourth-order valence-corrected chi connectivity index (χ4v) is 3.72. The Labute approximate surface area is 170 Å². The number of urea groups is 1. The molecule has 0 radical (unpaired) electrons. The number of carbonyl (C=O) groups is 2. The molecule has 3 rings (SSSR count). The quantitative estimate of drug-likeness (QED) is 0.676. The van der Waals surface area contributed by atoms with E-state index in [4.69, 9.17) is 4.74 Å². The number of hydrogen-bond acceptors (Lipinski definition) is 5. The molecule has 0 unspecified atom stereocenters. The van der Waals surface area contributed by atoms with E-state index in [0.29, 0.717) is 25.9 Å². The van der Waals surface area contributed by atoms with E-state index in [1.807, 2.05) is 11.9 Å². The maximum Gasteiger partial charge on any atom is 0.319 e. The molecule has 0 aliphatic carbocycles. The zero-order valence-corrected chi connectivity index (χ0v) is 16.6. The predicted molar refractivity (Wildman–Crippen MR) is 106 cm³/mol. The van der Waals surface area contributed by atoms with Crippen LogP contribution in [0.4, 0.5) is 14.9 Å². The van der Waals surface area contributed by atoms with Gasteiger partial charge in [-0.15, -0.1) is 0 Å². The number of hydrogen-bond donors (Lipinski definition) is 3. The summed E-state index contributed by atoms with van der Waals surface area (Å²) in [6.07, 6.45) is 0.540. The minimum absolute atomic E-state index is 0.0588. The van der Waals surface area contributed by atoms with Crippen LogP contribution in [0, 0.1) is 5.82 Å². The molecule has 2 aliphatic rings. The highest BCUT2D eigenvalue weighted by atomic mass is 19.1. The minimum Gasteiger partial charge on any atom is -0.394 e. The molecule has 3 N–H and O–H groups in total. The first kappa shape index (κ1) is 21.5. The molecular formula is C20H29FN4O4. The van der Waals surface area contributed by atoms with Crippen molar-refractivity contribution in [1.82, 2.24) is 15.1 Å². The first-order valence-corrected chi connectivity index (χ1v) is 10.0. The molecule has 1 aromatic rings. The summed E-state index contributed by atoms with van der Waals surface area (Å²) in [4.78, 5) is 28.7. The fourth-order valence-electron chi connectivity index (χ4n) is 3.72. The second kappa shape index (κ2) is 10.00. The van der Waals surface area contributed by atoms with Crippen molar-refractivity contribution in [2.24, 2.45) is 0 Å². The third-order valence-corrected chi connectivity index (χ3v) is 5.49. The van der Waals surface area contributed by atoms with Crippen LogP contribution in [0.1, 0.15) is 19.3 Å². The van der Waals surface area contributed by atoms with Gasteiger partial charge in [0.05, 0.1) is 30.9 Å². The molecule has 0 saturated carbocycles. The highest BCUT2D eigenvalue weighted by Gasteiger charge is 2.34. The first-order valence-electron chi connectivity index (χ1n) is 10.0. The number of rotatable bonds is 5. The van der Waals surface area contributed by atoms with E-state index >= 15 is 0 Å². The van der Waals surface area contributed by atoms with Crippen molar-refractivity contribution in [2.45, 2.75) is 37.5 Å². The van der Waals surface area contributed by atoms with Crippen LogP contribution in [0.25, 0.3) is 0 Å². The molecule has 2 aliphatic heterocycles. The Hall–Kier alpha value is -2.23. The molecular weight excluding hydrogens is 379 g/mol. The van der Waals surface area contributed by atoms with Gasteiger partial charge < -0.3 is 30.3 Å². The summed E-state index contributed by atoms with van der Waals surface area (Å²) in [7, 11) is 2.04.